The lowest BCUT2D eigenvalue weighted by Gasteiger charge is -2.27. The molecule has 1 aliphatic heterocycles. The highest BCUT2D eigenvalue weighted by Gasteiger charge is 2.19. The van der Waals surface area contributed by atoms with Gasteiger partial charge in [0.15, 0.2) is 5.69 Å². The number of rotatable bonds is 5. The number of carbonyl (C=O) groups excluding carboxylic acids is 1. The number of amides is 1. The van der Waals surface area contributed by atoms with E-state index in [-0.39, 0.29) is 18.1 Å². The molecule has 1 amide bonds. The Morgan fingerprint density at radius 1 is 1.60 bits per heavy atom. The van der Waals surface area contributed by atoms with Gasteiger partial charge in [0.25, 0.3) is 0 Å². The number of carboxylic acids is 1. The number of nitrogens with zero attached hydrogens (tertiary/aromatic N) is 4. The minimum atomic E-state index is -1.16. The molecule has 2 rings (SSSR count). The van der Waals surface area contributed by atoms with Crippen LogP contribution in [0.5, 0.6) is 0 Å². The summed E-state index contributed by atoms with van der Waals surface area (Å²) in [5.74, 6) is -0.920. The molecule has 0 saturated carbocycles. The van der Waals surface area contributed by atoms with Crippen LogP contribution in [0.25, 0.3) is 0 Å². The van der Waals surface area contributed by atoms with Crippen LogP contribution in [-0.2, 0) is 16.1 Å². The Labute approximate surface area is 116 Å². The normalized spacial score (nSPS) is 18.8. The van der Waals surface area contributed by atoms with Crippen LogP contribution in [0, 0.1) is 5.92 Å². The highest BCUT2D eigenvalue weighted by atomic mass is 16.5. The molecule has 1 aromatic rings. The van der Waals surface area contributed by atoms with E-state index in [2.05, 4.69) is 10.3 Å². The zero-order chi connectivity index (χ0) is 14.5. The highest BCUT2D eigenvalue weighted by Crippen LogP contribution is 2.14. The standard InChI is InChI=1S/C12H18N4O4/c1-15(5-9-3-2-4-20-8-9)11(17)7-16-6-10(12(18)19)13-14-16/h6,9H,2-5,7-8H2,1H3,(H,18,19). The van der Waals surface area contributed by atoms with Crippen molar-refractivity contribution in [2.45, 2.75) is 19.4 Å². The average Bonchev–Trinajstić information content (AvgIpc) is 2.88. The van der Waals surface area contributed by atoms with Gasteiger partial charge in [-0.05, 0) is 18.8 Å². The number of carbonyl (C=O) groups is 2. The second kappa shape index (κ2) is 6.47. The summed E-state index contributed by atoms with van der Waals surface area (Å²) in [6, 6.07) is 0. The van der Waals surface area contributed by atoms with Crippen LogP contribution in [0.2, 0.25) is 0 Å². The molecular weight excluding hydrogens is 264 g/mol. The Bertz CT molecular complexity index is 482. The molecule has 0 aliphatic carbocycles. The minimum absolute atomic E-state index is 0.00957. The lowest BCUT2D eigenvalue weighted by Crippen LogP contribution is -2.37. The van der Waals surface area contributed by atoms with Gasteiger partial charge in [0.05, 0.1) is 12.8 Å². The van der Waals surface area contributed by atoms with Crippen LogP contribution in [0.1, 0.15) is 23.3 Å². The third kappa shape index (κ3) is 3.77. The average molecular weight is 282 g/mol. The molecule has 1 N–H and O–H groups in total. The molecule has 1 aromatic heterocycles. The molecule has 2 heterocycles. The summed E-state index contributed by atoms with van der Waals surface area (Å²) in [4.78, 5) is 24.3. The van der Waals surface area contributed by atoms with Crippen molar-refractivity contribution in [1.82, 2.24) is 19.9 Å². The molecule has 0 radical (unpaired) electrons. The quantitative estimate of drug-likeness (QED) is 0.807. The maximum absolute atomic E-state index is 12.0. The summed E-state index contributed by atoms with van der Waals surface area (Å²) < 4.78 is 6.62. The summed E-state index contributed by atoms with van der Waals surface area (Å²) in [7, 11) is 1.73. The van der Waals surface area contributed by atoms with Crippen molar-refractivity contribution in [3.05, 3.63) is 11.9 Å². The molecule has 20 heavy (non-hydrogen) atoms. The van der Waals surface area contributed by atoms with E-state index in [1.807, 2.05) is 0 Å². The van der Waals surface area contributed by atoms with Gasteiger partial charge in [-0.25, -0.2) is 9.48 Å². The molecule has 0 aromatic carbocycles. The summed E-state index contributed by atoms with van der Waals surface area (Å²) in [6.07, 6.45) is 3.33. The predicted molar refractivity (Wildman–Crippen MR) is 68.2 cm³/mol. The van der Waals surface area contributed by atoms with E-state index in [9.17, 15) is 9.59 Å². The second-order valence-corrected chi connectivity index (χ2v) is 4.96. The van der Waals surface area contributed by atoms with Gasteiger partial charge in [0.2, 0.25) is 5.91 Å². The fraction of sp³-hybridized carbons (Fsp3) is 0.667. The van der Waals surface area contributed by atoms with E-state index < -0.39 is 5.97 Å². The van der Waals surface area contributed by atoms with Crippen molar-refractivity contribution in [2.75, 3.05) is 26.8 Å². The van der Waals surface area contributed by atoms with Crippen LogP contribution in [0.3, 0.4) is 0 Å². The molecule has 1 aliphatic rings. The molecule has 1 saturated heterocycles. The van der Waals surface area contributed by atoms with Crippen molar-refractivity contribution in [3.8, 4) is 0 Å². The number of ether oxygens (including phenoxy) is 1. The number of carboxylic acid groups (broad SMARTS) is 1. The second-order valence-electron chi connectivity index (χ2n) is 4.96. The highest BCUT2D eigenvalue weighted by molar-refractivity contribution is 5.84. The largest absolute Gasteiger partial charge is 0.476 e. The molecule has 8 heteroatoms. The molecule has 110 valence electrons. The van der Waals surface area contributed by atoms with Gasteiger partial charge in [0, 0.05) is 20.2 Å². The molecule has 1 atom stereocenters. The SMILES string of the molecule is CN(CC1CCCOC1)C(=O)Cn1cc(C(=O)O)nn1. The van der Waals surface area contributed by atoms with E-state index in [0.717, 1.165) is 19.4 Å². The minimum Gasteiger partial charge on any atom is -0.476 e. The summed E-state index contributed by atoms with van der Waals surface area (Å²) in [5.41, 5.74) is -0.166. The van der Waals surface area contributed by atoms with E-state index in [1.54, 1.807) is 11.9 Å². The van der Waals surface area contributed by atoms with Gasteiger partial charge in [0.1, 0.15) is 6.54 Å². The monoisotopic (exact) mass is 282 g/mol. The van der Waals surface area contributed by atoms with Crippen LogP contribution in [-0.4, -0.2) is 63.7 Å². The lowest BCUT2D eigenvalue weighted by atomic mass is 10.0. The smallest absolute Gasteiger partial charge is 0.358 e. The Morgan fingerprint density at radius 3 is 3.00 bits per heavy atom. The third-order valence-corrected chi connectivity index (χ3v) is 3.27. The van der Waals surface area contributed by atoms with Crippen LogP contribution >= 0.6 is 0 Å². The number of hydrogen-bond acceptors (Lipinski definition) is 5. The first-order valence-corrected chi connectivity index (χ1v) is 6.51. The summed E-state index contributed by atoms with van der Waals surface area (Å²) in [5, 5.41) is 15.8. The number of aromatic nitrogens is 3. The van der Waals surface area contributed by atoms with Gasteiger partial charge < -0.3 is 14.7 Å². The van der Waals surface area contributed by atoms with Crippen molar-refractivity contribution in [2.24, 2.45) is 5.92 Å². The molecule has 8 nitrogen and oxygen atoms in total. The molecular formula is C12H18N4O4. The third-order valence-electron chi connectivity index (χ3n) is 3.27. The number of aromatic carboxylic acids is 1. The predicted octanol–water partition coefficient (Wildman–Crippen LogP) is -0.139. The van der Waals surface area contributed by atoms with Crippen molar-refractivity contribution in [1.29, 1.82) is 0 Å². The van der Waals surface area contributed by atoms with Gasteiger partial charge in [-0.3, -0.25) is 4.79 Å². The fourth-order valence-electron chi connectivity index (χ4n) is 2.17. The van der Waals surface area contributed by atoms with Crippen molar-refractivity contribution < 1.29 is 19.4 Å². The maximum atomic E-state index is 12.0. The first kappa shape index (κ1) is 14.4. The van der Waals surface area contributed by atoms with Gasteiger partial charge >= 0.3 is 5.97 Å². The molecule has 0 bridgehead atoms. The summed E-state index contributed by atoms with van der Waals surface area (Å²) >= 11 is 0. The van der Waals surface area contributed by atoms with Crippen molar-refractivity contribution in [3.63, 3.8) is 0 Å². The summed E-state index contributed by atoms with van der Waals surface area (Å²) in [6.45, 7) is 2.11. The Kier molecular flexibility index (Phi) is 4.67. The van der Waals surface area contributed by atoms with Crippen LogP contribution in [0.4, 0.5) is 0 Å². The molecule has 0 spiro atoms. The number of likely N-dealkylation sites (N-methyl/N-ethyl adjacent to an activating group) is 1. The lowest BCUT2D eigenvalue weighted by molar-refractivity contribution is -0.131. The number of hydrogen-bond donors (Lipinski definition) is 1. The van der Waals surface area contributed by atoms with E-state index in [1.165, 1.54) is 10.9 Å². The van der Waals surface area contributed by atoms with E-state index >= 15 is 0 Å². The van der Waals surface area contributed by atoms with Gasteiger partial charge in [-0.15, -0.1) is 5.10 Å². The first-order chi connectivity index (χ1) is 9.56. The van der Waals surface area contributed by atoms with E-state index in [4.69, 9.17) is 9.84 Å². The zero-order valence-corrected chi connectivity index (χ0v) is 11.4. The van der Waals surface area contributed by atoms with Gasteiger partial charge in [-0.1, -0.05) is 5.21 Å². The van der Waals surface area contributed by atoms with E-state index in [0.29, 0.717) is 19.1 Å². The Hall–Kier alpha value is -1.96. The first-order valence-electron chi connectivity index (χ1n) is 6.51. The Morgan fingerprint density at radius 2 is 2.40 bits per heavy atom. The topological polar surface area (TPSA) is 97.5 Å². The van der Waals surface area contributed by atoms with Crippen LogP contribution < -0.4 is 0 Å². The van der Waals surface area contributed by atoms with Crippen molar-refractivity contribution >= 4 is 11.9 Å². The molecule has 1 unspecified atom stereocenters. The molecule has 1 fully saturated rings. The van der Waals surface area contributed by atoms with Crippen LogP contribution in [0.15, 0.2) is 6.20 Å². The maximum Gasteiger partial charge on any atom is 0.358 e. The fourth-order valence-corrected chi connectivity index (χ4v) is 2.17. The zero-order valence-electron chi connectivity index (χ0n) is 11.4. The Balaban J connectivity index is 1.84. The van der Waals surface area contributed by atoms with Gasteiger partial charge in [-0.2, -0.15) is 0 Å².